The lowest BCUT2D eigenvalue weighted by Crippen LogP contribution is -2.16. The number of rotatable bonds is 8. The molecule has 0 fully saturated rings. The van der Waals surface area contributed by atoms with Gasteiger partial charge in [0.15, 0.2) is 13.2 Å². The van der Waals surface area contributed by atoms with Gasteiger partial charge >= 0.3 is 11.9 Å². The molecule has 0 aliphatic heterocycles. The van der Waals surface area contributed by atoms with Crippen LogP contribution in [-0.4, -0.2) is 38.4 Å². The lowest BCUT2D eigenvalue weighted by Gasteiger charge is -2.18. The molecular formula is C22H20Cl2O6. The molecule has 0 radical (unpaired) electrons. The van der Waals surface area contributed by atoms with Crippen molar-refractivity contribution in [2.75, 3.05) is 26.4 Å². The maximum atomic E-state index is 11.9. The molecule has 30 heavy (non-hydrogen) atoms. The molecule has 0 aliphatic rings. The zero-order chi connectivity index (χ0) is 21.7. The van der Waals surface area contributed by atoms with Gasteiger partial charge in [-0.05, 0) is 26.0 Å². The maximum absolute atomic E-state index is 11.9. The summed E-state index contributed by atoms with van der Waals surface area (Å²) in [5.74, 6) is -0.173. The Balaban J connectivity index is 2.19. The van der Waals surface area contributed by atoms with Crippen molar-refractivity contribution in [3.8, 4) is 11.5 Å². The molecule has 8 heteroatoms. The van der Waals surface area contributed by atoms with Crippen molar-refractivity contribution >= 4 is 56.7 Å². The van der Waals surface area contributed by atoms with E-state index in [0.717, 1.165) is 0 Å². The summed E-state index contributed by atoms with van der Waals surface area (Å²) in [6.07, 6.45) is 0. The first-order chi connectivity index (χ1) is 14.5. The molecule has 0 bridgehead atoms. The molecule has 3 aromatic rings. The van der Waals surface area contributed by atoms with Crippen LogP contribution in [0, 0.1) is 0 Å². The third kappa shape index (κ3) is 4.55. The van der Waals surface area contributed by atoms with Crippen LogP contribution in [-0.2, 0) is 19.1 Å². The number of benzene rings is 3. The predicted octanol–water partition coefficient (Wildman–Crippen LogP) is 5.18. The van der Waals surface area contributed by atoms with Crippen LogP contribution in [0.4, 0.5) is 0 Å². The molecule has 3 aromatic carbocycles. The third-order valence-electron chi connectivity index (χ3n) is 4.26. The summed E-state index contributed by atoms with van der Waals surface area (Å²) in [5, 5.41) is 2.97. The van der Waals surface area contributed by atoms with Crippen LogP contribution < -0.4 is 9.47 Å². The second-order valence-electron chi connectivity index (χ2n) is 6.18. The van der Waals surface area contributed by atoms with Gasteiger partial charge in [-0.3, -0.25) is 0 Å². The molecule has 6 nitrogen and oxygen atoms in total. The summed E-state index contributed by atoms with van der Waals surface area (Å²) in [5.41, 5.74) is 0. The molecule has 158 valence electrons. The van der Waals surface area contributed by atoms with Gasteiger partial charge < -0.3 is 18.9 Å². The molecule has 3 rings (SSSR count). The molecule has 0 atom stereocenters. The fourth-order valence-corrected chi connectivity index (χ4v) is 3.50. The quantitative estimate of drug-likeness (QED) is 0.347. The van der Waals surface area contributed by atoms with Crippen molar-refractivity contribution in [2.45, 2.75) is 13.8 Å². The van der Waals surface area contributed by atoms with Crippen LogP contribution in [0.1, 0.15) is 13.8 Å². The summed E-state index contributed by atoms with van der Waals surface area (Å²) in [6, 6.07) is 10.6. The van der Waals surface area contributed by atoms with Gasteiger partial charge in [0.2, 0.25) is 0 Å². The number of hydrogen-bond acceptors (Lipinski definition) is 6. The second-order valence-corrected chi connectivity index (χ2v) is 6.96. The zero-order valence-electron chi connectivity index (χ0n) is 16.5. The predicted molar refractivity (Wildman–Crippen MR) is 116 cm³/mol. The fraction of sp³-hybridized carbons (Fsp3) is 0.273. The number of halogens is 2. The smallest absolute Gasteiger partial charge is 0.344 e. The average molecular weight is 451 g/mol. The van der Waals surface area contributed by atoms with E-state index in [-0.39, 0.29) is 31.5 Å². The van der Waals surface area contributed by atoms with Gasteiger partial charge in [0.1, 0.15) is 11.5 Å². The zero-order valence-corrected chi connectivity index (χ0v) is 18.0. The van der Waals surface area contributed by atoms with Crippen LogP contribution in [0.15, 0.2) is 36.4 Å². The number of ether oxygens (including phenoxy) is 4. The fourth-order valence-electron chi connectivity index (χ4n) is 3.09. The molecule has 0 spiro atoms. The van der Waals surface area contributed by atoms with Crippen LogP contribution in [0.25, 0.3) is 21.5 Å². The Hall–Kier alpha value is -2.70. The summed E-state index contributed by atoms with van der Waals surface area (Å²) >= 11 is 12.8. The van der Waals surface area contributed by atoms with Gasteiger partial charge in [-0.2, -0.15) is 0 Å². The molecular weight excluding hydrogens is 431 g/mol. The highest BCUT2D eigenvalue weighted by Crippen LogP contribution is 2.47. The number of hydrogen-bond donors (Lipinski definition) is 0. The summed E-state index contributed by atoms with van der Waals surface area (Å²) in [4.78, 5) is 23.7. The summed E-state index contributed by atoms with van der Waals surface area (Å²) < 4.78 is 21.6. The van der Waals surface area contributed by atoms with Crippen molar-refractivity contribution < 1.29 is 28.5 Å². The first kappa shape index (κ1) is 22.0. The van der Waals surface area contributed by atoms with Crippen LogP contribution in [0.3, 0.4) is 0 Å². The summed E-state index contributed by atoms with van der Waals surface area (Å²) in [6.45, 7) is 3.38. The SMILES string of the molecule is CCOC(=O)COc1c2ccccc2c(OCC(=O)OCC)c2c(Cl)c(Cl)ccc12. The van der Waals surface area contributed by atoms with Gasteiger partial charge in [0, 0.05) is 21.5 Å². The second kappa shape index (κ2) is 9.87. The van der Waals surface area contributed by atoms with Crippen molar-refractivity contribution in [1.82, 2.24) is 0 Å². The van der Waals surface area contributed by atoms with Crippen LogP contribution >= 0.6 is 23.2 Å². The Kier molecular flexibility index (Phi) is 7.24. The van der Waals surface area contributed by atoms with Crippen molar-refractivity contribution in [3.63, 3.8) is 0 Å². The van der Waals surface area contributed by atoms with Crippen LogP contribution in [0.5, 0.6) is 11.5 Å². The van der Waals surface area contributed by atoms with Crippen molar-refractivity contribution in [2.24, 2.45) is 0 Å². The van der Waals surface area contributed by atoms with Crippen LogP contribution in [0.2, 0.25) is 10.0 Å². The first-order valence-corrected chi connectivity index (χ1v) is 10.1. The Morgan fingerprint density at radius 2 is 1.30 bits per heavy atom. The number of carbonyl (C=O) groups excluding carboxylic acids is 2. The normalized spacial score (nSPS) is 10.8. The highest BCUT2D eigenvalue weighted by atomic mass is 35.5. The Labute approximate surface area is 183 Å². The topological polar surface area (TPSA) is 71.1 Å². The summed E-state index contributed by atoms with van der Waals surface area (Å²) in [7, 11) is 0. The van der Waals surface area contributed by atoms with Crippen molar-refractivity contribution in [3.05, 3.63) is 46.4 Å². The third-order valence-corrected chi connectivity index (χ3v) is 5.07. The number of esters is 2. The monoisotopic (exact) mass is 450 g/mol. The number of fused-ring (bicyclic) bond motifs is 2. The highest BCUT2D eigenvalue weighted by molar-refractivity contribution is 6.46. The minimum atomic E-state index is -0.504. The Bertz CT molecular complexity index is 1100. The maximum Gasteiger partial charge on any atom is 0.344 e. The van der Waals surface area contributed by atoms with E-state index in [1.54, 1.807) is 26.0 Å². The minimum Gasteiger partial charge on any atom is -0.481 e. The van der Waals surface area contributed by atoms with Gasteiger partial charge in [-0.1, -0.05) is 47.5 Å². The first-order valence-electron chi connectivity index (χ1n) is 9.37. The Morgan fingerprint density at radius 3 is 1.87 bits per heavy atom. The molecule has 0 unspecified atom stereocenters. The highest BCUT2D eigenvalue weighted by Gasteiger charge is 2.21. The standard InChI is InChI=1S/C22H20Cl2O6/c1-3-27-17(25)11-29-21-13-7-5-6-8-14(13)22(30-12-18(26)28-4-2)19-15(21)9-10-16(23)20(19)24/h5-10H,3-4,11-12H2,1-2H3. The van der Waals surface area contributed by atoms with E-state index in [0.29, 0.717) is 38.1 Å². The van der Waals surface area contributed by atoms with E-state index in [2.05, 4.69) is 0 Å². The molecule has 0 amide bonds. The largest absolute Gasteiger partial charge is 0.481 e. The van der Waals surface area contributed by atoms with E-state index >= 15 is 0 Å². The van der Waals surface area contributed by atoms with Gasteiger partial charge in [0.25, 0.3) is 0 Å². The van der Waals surface area contributed by atoms with E-state index in [1.165, 1.54) is 0 Å². The van der Waals surface area contributed by atoms with Crippen molar-refractivity contribution in [1.29, 1.82) is 0 Å². The molecule has 0 heterocycles. The van der Waals surface area contributed by atoms with Gasteiger partial charge in [-0.15, -0.1) is 0 Å². The Morgan fingerprint density at radius 1 is 0.767 bits per heavy atom. The molecule has 0 aliphatic carbocycles. The van der Waals surface area contributed by atoms with E-state index in [1.807, 2.05) is 24.3 Å². The van der Waals surface area contributed by atoms with E-state index in [9.17, 15) is 9.59 Å². The average Bonchev–Trinajstić information content (AvgIpc) is 2.73. The van der Waals surface area contributed by atoms with E-state index < -0.39 is 11.9 Å². The molecule has 0 N–H and O–H groups in total. The molecule has 0 aromatic heterocycles. The van der Waals surface area contributed by atoms with E-state index in [4.69, 9.17) is 42.1 Å². The van der Waals surface area contributed by atoms with Gasteiger partial charge in [0.05, 0.1) is 23.3 Å². The number of carbonyl (C=O) groups is 2. The lowest BCUT2D eigenvalue weighted by atomic mass is 10.0. The molecule has 0 saturated carbocycles. The minimum absolute atomic E-state index is 0.247. The van der Waals surface area contributed by atoms with Gasteiger partial charge in [-0.25, -0.2) is 9.59 Å². The lowest BCUT2D eigenvalue weighted by molar-refractivity contribution is -0.146. The molecule has 0 saturated heterocycles.